The van der Waals surface area contributed by atoms with Crippen LogP contribution >= 0.6 is 0 Å². The van der Waals surface area contributed by atoms with Gasteiger partial charge >= 0.3 is 6.03 Å². The summed E-state index contributed by atoms with van der Waals surface area (Å²) in [5.74, 6) is 1.13. The average Bonchev–Trinajstić information content (AvgIpc) is 3.20. The first kappa shape index (κ1) is 22.1. The van der Waals surface area contributed by atoms with Crippen LogP contribution in [0.25, 0.3) is 0 Å². The van der Waals surface area contributed by atoms with Gasteiger partial charge in [-0.25, -0.2) is 9.78 Å². The van der Waals surface area contributed by atoms with Crippen molar-refractivity contribution < 1.29 is 23.5 Å². The molecule has 1 aromatic heterocycles. The zero-order chi connectivity index (χ0) is 21.2. The lowest BCUT2D eigenvalue weighted by Crippen LogP contribution is -2.35. The van der Waals surface area contributed by atoms with Gasteiger partial charge in [0.15, 0.2) is 5.69 Å². The number of oxazole rings is 1. The molecule has 9 heteroatoms. The molecule has 2 aromatic rings. The summed E-state index contributed by atoms with van der Waals surface area (Å²) in [4.78, 5) is 30.5. The summed E-state index contributed by atoms with van der Waals surface area (Å²) in [5, 5.41) is 5.57. The fourth-order valence-electron chi connectivity index (χ4n) is 2.58. The van der Waals surface area contributed by atoms with Crippen LogP contribution in [0, 0.1) is 0 Å². The Bertz CT molecular complexity index is 799. The van der Waals surface area contributed by atoms with E-state index < -0.39 is 0 Å². The molecule has 1 aromatic carbocycles. The predicted octanol–water partition coefficient (Wildman–Crippen LogP) is 3.28. The van der Waals surface area contributed by atoms with Crippen molar-refractivity contribution in [3.8, 4) is 11.5 Å². The first-order valence-electron chi connectivity index (χ1n) is 9.52. The standard InChI is InChI=1S/C20H28N4O5/c1-5-7-21-19(25)17-13-29-18(23-17)12-24(8-6-2)20(26)22-14-9-15(27-3)11-16(10-14)28-4/h9-11,13H,5-8,12H2,1-4H3,(H,21,25)(H,22,26). The minimum atomic E-state index is -0.322. The fourth-order valence-corrected chi connectivity index (χ4v) is 2.58. The number of carbonyl (C=O) groups excluding carboxylic acids is 2. The van der Waals surface area contributed by atoms with Crippen molar-refractivity contribution in [2.45, 2.75) is 33.2 Å². The summed E-state index contributed by atoms with van der Waals surface area (Å²) >= 11 is 0. The molecule has 0 spiro atoms. The molecule has 3 amide bonds. The second kappa shape index (κ2) is 10.9. The topological polar surface area (TPSA) is 106 Å². The van der Waals surface area contributed by atoms with Gasteiger partial charge in [0.25, 0.3) is 5.91 Å². The molecule has 0 unspecified atom stereocenters. The number of nitrogens with zero attached hydrogens (tertiary/aromatic N) is 2. The van der Waals surface area contributed by atoms with E-state index in [9.17, 15) is 9.59 Å². The van der Waals surface area contributed by atoms with Crippen LogP contribution in [-0.2, 0) is 6.54 Å². The molecule has 0 radical (unpaired) electrons. The van der Waals surface area contributed by atoms with Crippen LogP contribution in [0.15, 0.2) is 28.9 Å². The van der Waals surface area contributed by atoms with Crippen molar-refractivity contribution in [1.29, 1.82) is 0 Å². The van der Waals surface area contributed by atoms with Crippen molar-refractivity contribution in [2.75, 3.05) is 32.6 Å². The van der Waals surface area contributed by atoms with E-state index in [1.807, 2.05) is 13.8 Å². The van der Waals surface area contributed by atoms with E-state index >= 15 is 0 Å². The van der Waals surface area contributed by atoms with Gasteiger partial charge in [0.1, 0.15) is 17.8 Å². The molecule has 2 N–H and O–H groups in total. The van der Waals surface area contributed by atoms with Gasteiger partial charge in [-0.2, -0.15) is 0 Å². The minimum absolute atomic E-state index is 0.141. The van der Waals surface area contributed by atoms with Gasteiger partial charge in [0, 0.05) is 37.0 Å². The number of rotatable bonds is 10. The number of carbonyl (C=O) groups is 2. The highest BCUT2D eigenvalue weighted by atomic mass is 16.5. The Morgan fingerprint density at radius 3 is 2.38 bits per heavy atom. The lowest BCUT2D eigenvalue weighted by Gasteiger charge is -2.21. The third-order valence-electron chi connectivity index (χ3n) is 4.03. The predicted molar refractivity (Wildman–Crippen MR) is 108 cm³/mol. The largest absolute Gasteiger partial charge is 0.497 e. The van der Waals surface area contributed by atoms with E-state index in [1.165, 1.54) is 6.26 Å². The number of ether oxygens (including phenoxy) is 2. The lowest BCUT2D eigenvalue weighted by molar-refractivity contribution is 0.0948. The number of nitrogens with one attached hydrogen (secondary N) is 2. The first-order chi connectivity index (χ1) is 14.0. The number of hydrogen-bond acceptors (Lipinski definition) is 6. The molecule has 29 heavy (non-hydrogen) atoms. The van der Waals surface area contributed by atoms with E-state index in [0.717, 1.165) is 12.8 Å². The molecule has 0 saturated heterocycles. The zero-order valence-corrected chi connectivity index (χ0v) is 17.3. The summed E-state index contributed by atoms with van der Waals surface area (Å²) < 4.78 is 15.8. The molecule has 0 atom stereocenters. The molecule has 1 heterocycles. The van der Waals surface area contributed by atoms with Crippen molar-refractivity contribution in [1.82, 2.24) is 15.2 Å². The van der Waals surface area contributed by atoms with Crippen LogP contribution in [-0.4, -0.2) is 49.1 Å². The maximum Gasteiger partial charge on any atom is 0.322 e. The molecule has 9 nitrogen and oxygen atoms in total. The van der Waals surface area contributed by atoms with Crippen LogP contribution in [0.1, 0.15) is 43.1 Å². The van der Waals surface area contributed by atoms with Gasteiger partial charge in [-0.3, -0.25) is 4.79 Å². The molecule has 0 aliphatic heterocycles. The summed E-state index contributed by atoms with van der Waals surface area (Å²) in [6.45, 7) is 5.13. The molecule has 0 bridgehead atoms. The van der Waals surface area contributed by atoms with Crippen LogP contribution in [0.3, 0.4) is 0 Å². The summed E-state index contributed by atoms with van der Waals surface area (Å²) in [6.07, 6.45) is 2.88. The Morgan fingerprint density at radius 2 is 1.79 bits per heavy atom. The smallest absolute Gasteiger partial charge is 0.322 e. The van der Waals surface area contributed by atoms with Gasteiger partial charge in [0.2, 0.25) is 5.89 Å². The number of aromatic nitrogens is 1. The van der Waals surface area contributed by atoms with Gasteiger partial charge in [-0.05, 0) is 12.8 Å². The Morgan fingerprint density at radius 1 is 1.10 bits per heavy atom. The quantitative estimate of drug-likeness (QED) is 0.629. The molecular formula is C20H28N4O5. The normalized spacial score (nSPS) is 10.3. The van der Waals surface area contributed by atoms with Crippen molar-refractivity contribution >= 4 is 17.6 Å². The van der Waals surface area contributed by atoms with Crippen LogP contribution in [0.4, 0.5) is 10.5 Å². The molecular weight excluding hydrogens is 376 g/mol. The molecule has 0 fully saturated rings. The second-order valence-corrected chi connectivity index (χ2v) is 6.34. The molecule has 0 saturated carbocycles. The zero-order valence-electron chi connectivity index (χ0n) is 17.3. The Balaban J connectivity index is 2.08. The molecule has 0 aliphatic carbocycles. The van der Waals surface area contributed by atoms with E-state index in [0.29, 0.717) is 36.2 Å². The van der Waals surface area contributed by atoms with Crippen molar-refractivity contribution in [3.05, 3.63) is 36.0 Å². The van der Waals surface area contributed by atoms with Crippen LogP contribution in [0.5, 0.6) is 11.5 Å². The minimum Gasteiger partial charge on any atom is -0.497 e. The monoisotopic (exact) mass is 404 g/mol. The molecule has 2 rings (SSSR count). The lowest BCUT2D eigenvalue weighted by atomic mass is 10.2. The molecule has 158 valence electrons. The van der Waals surface area contributed by atoms with Gasteiger partial charge in [0.05, 0.1) is 20.8 Å². The Hall–Kier alpha value is -3.23. The third-order valence-corrected chi connectivity index (χ3v) is 4.03. The summed E-state index contributed by atoms with van der Waals surface area (Å²) in [5.41, 5.74) is 0.738. The summed E-state index contributed by atoms with van der Waals surface area (Å²) in [6, 6.07) is 4.80. The maximum atomic E-state index is 12.8. The average molecular weight is 404 g/mol. The Kier molecular flexibility index (Phi) is 8.32. The number of amides is 3. The highest BCUT2D eigenvalue weighted by Crippen LogP contribution is 2.26. The number of urea groups is 1. The van der Waals surface area contributed by atoms with Crippen LogP contribution in [0.2, 0.25) is 0 Å². The number of benzene rings is 1. The maximum absolute atomic E-state index is 12.8. The van der Waals surface area contributed by atoms with Crippen LogP contribution < -0.4 is 20.1 Å². The first-order valence-corrected chi connectivity index (χ1v) is 9.52. The molecule has 0 aliphatic rings. The highest BCUT2D eigenvalue weighted by molar-refractivity contribution is 5.92. The summed E-state index contributed by atoms with van der Waals surface area (Å²) in [7, 11) is 3.08. The van der Waals surface area contributed by atoms with E-state index in [4.69, 9.17) is 13.9 Å². The van der Waals surface area contributed by atoms with E-state index in [2.05, 4.69) is 15.6 Å². The Labute approximate surface area is 170 Å². The van der Waals surface area contributed by atoms with Gasteiger partial charge < -0.3 is 29.4 Å². The van der Waals surface area contributed by atoms with Crippen molar-refractivity contribution in [2.24, 2.45) is 0 Å². The van der Waals surface area contributed by atoms with E-state index in [-0.39, 0.29) is 24.2 Å². The van der Waals surface area contributed by atoms with E-state index in [1.54, 1.807) is 37.3 Å². The number of methoxy groups -OCH3 is 2. The third kappa shape index (κ3) is 6.41. The second-order valence-electron chi connectivity index (χ2n) is 6.34. The fraction of sp³-hybridized carbons (Fsp3) is 0.450. The van der Waals surface area contributed by atoms with Crippen molar-refractivity contribution in [3.63, 3.8) is 0 Å². The highest BCUT2D eigenvalue weighted by Gasteiger charge is 2.19. The van der Waals surface area contributed by atoms with Gasteiger partial charge in [-0.15, -0.1) is 0 Å². The SMILES string of the molecule is CCCNC(=O)c1coc(CN(CCC)C(=O)Nc2cc(OC)cc(OC)c2)n1. The number of hydrogen-bond donors (Lipinski definition) is 2. The van der Waals surface area contributed by atoms with Gasteiger partial charge in [-0.1, -0.05) is 13.8 Å². The number of anilines is 1.